The average Bonchev–Trinajstić information content (AvgIpc) is 2.40. The van der Waals surface area contributed by atoms with Crippen molar-refractivity contribution < 1.29 is 4.74 Å². The Morgan fingerprint density at radius 3 is 2.41 bits per heavy atom. The van der Waals surface area contributed by atoms with Crippen molar-refractivity contribution in [3.05, 3.63) is 48.5 Å². The van der Waals surface area contributed by atoms with Gasteiger partial charge in [0.15, 0.2) is 0 Å². The van der Waals surface area contributed by atoms with Crippen molar-refractivity contribution in [1.29, 1.82) is 0 Å². The zero-order valence-corrected chi connectivity index (χ0v) is 10.2. The van der Waals surface area contributed by atoms with Gasteiger partial charge >= 0.3 is 0 Å². The van der Waals surface area contributed by atoms with E-state index in [4.69, 9.17) is 4.74 Å². The number of hydrogen-bond acceptors (Lipinski definition) is 3. The van der Waals surface area contributed by atoms with Crippen LogP contribution in [0.25, 0.3) is 11.1 Å². The molecule has 0 saturated carbocycles. The van der Waals surface area contributed by atoms with Crippen molar-refractivity contribution in [2.24, 2.45) is 4.99 Å². The molecule has 17 heavy (non-hydrogen) atoms. The van der Waals surface area contributed by atoms with Crippen LogP contribution in [0.3, 0.4) is 0 Å². The topological polar surface area (TPSA) is 21.6 Å². The maximum atomic E-state index is 5.13. The first kappa shape index (κ1) is 11.5. The molecule has 0 spiro atoms. The summed E-state index contributed by atoms with van der Waals surface area (Å²) in [5, 5.41) is 2.40. The molecule has 2 nitrogen and oxygen atoms in total. The standard InChI is InChI=1S/C14H11NOS/c1-16-12-8-6-11(7-9-12)13-4-2-3-5-14(13)15-10-17/h2-9H,1H3. The third-order valence-electron chi connectivity index (χ3n) is 2.47. The largest absolute Gasteiger partial charge is 0.497 e. The Morgan fingerprint density at radius 2 is 1.76 bits per heavy atom. The molecule has 0 bridgehead atoms. The van der Waals surface area contributed by atoms with Crippen LogP contribution in [-0.4, -0.2) is 12.3 Å². The molecular weight excluding hydrogens is 230 g/mol. The highest BCUT2D eigenvalue weighted by Crippen LogP contribution is 2.30. The van der Waals surface area contributed by atoms with Crippen LogP contribution >= 0.6 is 12.2 Å². The first-order valence-corrected chi connectivity index (χ1v) is 5.57. The molecule has 0 atom stereocenters. The molecule has 0 aliphatic carbocycles. The SMILES string of the molecule is COc1ccc(-c2ccccc2N=C=S)cc1. The molecule has 3 heteroatoms. The lowest BCUT2D eigenvalue weighted by Gasteiger charge is -2.05. The van der Waals surface area contributed by atoms with E-state index in [0.717, 1.165) is 22.6 Å². The van der Waals surface area contributed by atoms with Gasteiger partial charge in [-0.05, 0) is 36.0 Å². The van der Waals surface area contributed by atoms with E-state index >= 15 is 0 Å². The summed E-state index contributed by atoms with van der Waals surface area (Å²) in [6.07, 6.45) is 0. The molecule has 2 aromatic carbocycles. The molecule has 2 aromatic rings. The van der Waals surface area contributed by atoms with Crippen LogP contribution in [0, 0.1) is 0 Å². The van der Waals surface area contributed by atoms with Gasteiger partial charge in [-0.1, -0.05) is 30.3 Å². The molecule has 0 fully saturated rings. The smallest absolute Gasteiger partial charge is 0.118 e. The lowest BCUT2D eigenvalue weighted by molar-refractivity contribution is 0.415. The van der Waals surface area contributed by atoms with Crippen LogP contribution in [0.4, 0.5) is 5.69 Å². The number of rotatable bonds is 3. The molecule has 0 amide bonds. The average molecular weight is 241 g/mol. The first-order valence-electron chi connectivity index (χ1n) is 5.16. The number of aliphatic imine (C=N–C) groups is 1. The Kier molecular flexibility index (Phi) is 3.66. The molecule has 0 aliphatic rings. The van der Waals surface area contributed by atoms with Crippen molar-refractivity contribution in [1.82, 2.24) is 0 Å². The molecule has 0 saturated heterocycles. The summed E-state index contributed by atoms with van der Waals surface area (Å²) in [6.45, 7) is 0. The van der Waals surface area contributed by atoms with Gasteiger partial charge < -0.3 is 4.74 Å². The predicted molar refractivity (Wildman–Crippen MR) is 73.1 cm³/mol. The number of ether oxygens (including phenoxy) is 1. The molecule has 0 N–H and O–H groups in total. The van der Waals surface area contributed by atoms with Crippen LogP contribution in [-0.2, 0) is 0 Å². The molecule has 0 aliphatic heterocycles. The summed E-state index contributed by atoms with van der Waals surface area (Å²) < 4.78 is 5.13. The minimum absolute atomic E-state index is 0.827. The van der Waals surface area contributed by atoms with Gasteiger partial charge in [0.2, 0.25) is 0 Å². The maximum Gasteiger partial charge on any atom is 0.118 e. The molecule has 0 aromatic heterocycles. The van der Waals surface area contributed by atoms with Crippen LogP contribution in [0.2, 0.25) is 0 Å². The number of isothiocyanates is 1. The minimum atomic E-state index is 0.827. The first-order chi connectivity index (χ1) is 8.35. The summed E-state index contributed by atoms with van der Waals surface area (Å²) in [6, 6.07) is 15.7. The Labute approximate surface area is 106 Å². The molecular formula is C14H11NOS. The van der Waals surface area contributed by atoms with E-state index in [9.17, 15) is 0 Å². The fraction of sp³-hybridized carbons (Fsp3) is 0.0714. The van der Waals surface area contributed by atoms with Crippen molar-refractivity contribution in [2.75, 3.05) is 7.11 Å². The lowest BCUT2D eigenvalue weighted by Crippen LogP contribution is -1.83. The lowest BCUT2D eigenvalue weighted by atomic mass is 10.0. The van der Waals surface area contributed by atoms with Gasteiger partial charge in [0.1, 0.15) is 5.75 Å². The summed E-state index contributed by atoms with van der Waals surface area (Å²) >= 11 is 4.65. The van der Waals surface area contributed by atoms with Crippen LogP contribution in [0.1, 0.15) is 0 Å². The highest BCUT2D eigenvalue weighted by Gasteiger charge is 2.03. The molecule has 2 rings (SSSR count). The fourth-order valence-electron chi connectivity index (χ4n) is 1.63. The van der Waals surface area contributed by atoms with E-state index in [2.05, 4.69) is 22.4 Å². The molecule has 0 radical (unpaired) electrons. The number of hydrogen-bond donors (Lipinski definition) is 0. The van der Waals surface area contributed by atoms with Gasteiger partial charge in [0.05, 0.1) is 18.0 Å². The highest BCUT2D eigenvalue weighted by atomic mass is 32.1. The zero-order chi connectivity index (χ0) is 12.1. The van der Waals surface area contributed by atoms with Gasteiger partial charge in [0, 0.05) is 5.56 Å². The van der Waals surface area contributed by atoms with Crippen LogP contribution in [0.5, 0.6) is 5.75 Å². The summed E-state index contributed by atoms with van der Waals surface area (Å²) in [5.41, 5.74) is 2.94. The van der Waals surface area contributed by atoms with E-state index in [1.54, 1.807) is 7.11 Å². The quantitative estimate of drug-likeness (QED) is 0.596. The summed E-state index contributed by atoms with van der Waals surface area (Å²) in [5.74, 6) is 0.838. The van der Waals surface area contributed by atoms with Crippen molar-refractivity contribution in [3.8, 4) is 16.9 Å². The second-order valence-corrected chi connectivity index (χ2v) is 3.63. The van der Waals surface area contributed by atoms with E-state index in [1.165, 1.54) is 0 Å². The van der Waals surface area contributed by atoms with Gasteiger partial charge in [-0.25, -0.2) is 0 Å². The molecule has 0 unspecified atom stereocenters. The number of benzene rings is 2. The predicted octanol–water partition coefficient (Wildman–Crippen LogP) is 4.10. The summed E-state index contributed by atoms with van der Waals surface area (Å²) in [4.78, 5) is 4.06. The Bertz CT molecular complexity index is 557. The summed E-state index contributed by atoms with van der Waals surface area (Å²) in [7, 11) is 1.65. The van der Waals surface area contributed by atoms with Gasteiger partial charge in [0.25, 0.3) is 0 Å². The Hall–Kier alpha value is -1.96. The monoisotopic (exact) mass is 241 g/mol. The number of nitrogens with zero attached hydrogens (tertiary/aromatic N) is 1. The van der Waals surface area contributed by atoms with Gasteiger partial charge in [-0.3, -0.25) is 0 Å². The number of methoxy groups -OCH3 is 1. The van der Waals surface area contributed by atoms with E-state index in [0.29, 0.717) is 0 Å². The normalized spacial score (nSPS) is 9.47. The van der Waals surface area contributed by atoms with Crippen molar-refractivity contribution >= 4 is 23.1 Å². The Morgan fingerprint density at radius 1 is 1.06 bits per heavy atom. The second-order valence-electron chi connectivity index (χ2n) is 3.45. The van der Waals surface area contributed by atoms with Gasteiger partial charge in [-0.15, -0.1) is 0 Å². The van der Waals surface area contributed by atoms with Crippen molar-refractivity contribution in [3.63, 3.8) is 0 Å². The Balaban J connectivity index is 2.48. The molecule has 84 valence electrons. The van der Waals surface area contributed by atoms with Crippen LogP contribution in [0.15, 0.2) is 53.5 Å². The minimum Gasteiger partial charge on any atom is -0.497 e. The van der Waals surface area contributed by atoms with Crippen LogP contribution < -0.4 is 4.74 Å². The van der Waals surface area contributed by atoms with E-state index in [-0.39, 0.29) is 0 Å². The van der Waals surface area contributed by atoms with Crippen molar-refractivity contribution in [2.45, 2.75) is 0 Å². The van der Waals surface area contributed by atoms with E-state index < -0.39 is 0 Å². The maximum absolute atomic E-state index is 5.13. The molecule has 0 heterocycles. The second kappa shape index (κ2) is 5.39. The number of thiocarbonyl (C=S) groups is 1. The van der Waals surface area contributed by atoms with E-state index in [1.807, 2.05) is 48.5 Å². The zero-order valence-electron chi connectivity index (χ0n) is 9.38. The fourth-order valence-corrected chi connectivity index (χ4v) is 1.73. The van der Waals surface area contributed by atoms with Gasteiger partial charge in [-0.2, -0.15) is 4.99 Å². The third kappa shape index (κ3) is 2.59. The number of para-hydroxylation sites is 1. The third-order valence-corrected chi connectivity index (χ3v) is 2.56. The highest BCUT2D eigenvalue weighted by molar-refractivity contribution is 7.78.